The van der Waals surface area contributed by atoms with Gasteiger partial charge in [0.1, 0.15) is 12.3 Å². The molecule has 2 rings (SSSR count). The highest BCUT2D eigenvalue weighted by Crippen LogP contribution is 2.35. The molecule has 0 aromatic rings. The van der Waals surface area contributed by atoms with E-state index >= 15 is 0 Å². The van der Waals surface area contributed by atoms with Crippen molar-refractivity contribution in [2.75, 3.05) is 0 Å². The molecule has 0 saturated carbocycles. The van der Waals surface area contributed by atoms with Crippen molar-refractivity contribution in [2.45, 2.75) is 31.5 Å². The van der Waals surface area contributed by atoms with Gasteiger partial charge in [0, 0.05) is 32.7 Å². The van der Waals surface area contributed by atoms with E-state index in [2.05, 4.69) is 0 Å². The summed E-state index contributed by atoms with van der Waals surface area (Å²) in [6.07, 6.45) is 2.04. The zero-order valence-electron chi connectivity index (χ0n) is 10.7. The number of hydrogen-bond acceptors (Lipinski definition) is 3. The average molecular weight is 374 g/mol. The van der Waals surface area contributed by atoms with Crippen molar-refractivity contribution in [1.82, 2.24) is 0 Å². The van der Waals surface area contributed by atoms with E-state index in [0.717, 1.165) is 6.08 Å². The van der Waals surface area contributed by atoms with E-state index in [4.69, 9.17) is 33.9 Å². The summed E-state index contributed by atoms with van der Waals surface area (Å²) in [7, 11) is 1.02. The first-order valence-corrected chi connectivity index (χ1v) is 9.19. The van der Waals surface area contributed by atoms with Crippen molar-refractivity contribution in [3.05, 3.63) is 44.3 Å². The Kier molecular flexibility index (Phi) is 5.21. The molecular weight excluding hydrogens is 362 g/mol. The highest BCUT2D eigenvalue weighted by atomic mass is 35.7. The molecule has 0 heterocycles. The number of aliphatic hydroxyl groups is 1. The number of halogens is 4. The maximum Gasteiger partial charge on any atom is 0.260 e. The van der Waals surface area contributed by atoms with E-state index in [-0.39, 0.29) is 12.0 Å². The third-order valence-corrected chi connectivity index (χ3v) is 5.46. The Morgan fingerprint density at radius 3 is 2.57 bits per heavy atom. The summed E-state index contributed by atoms with van der Waals surface area (Å²) in [6, 6.07) is 0. The van der Waals surface area contributed by atoms with Gasteiger partial charge in [-0.3, -0.25) is 0 Å². The Morgan fingerprint density at radius 2 is 1.95 bits per heavy atom. The summed E-state index contributed by atoms with van der Waals surface area (Å²) in [6.45, 7) is 0. The van der Waals surface area contributed by atoms with Crippen LogP contribution in [0.1, 0.15) is 19.3 Å². The van der Waals surface area contributed by atoms with Gasteiger partial charge in [-0.05, 0) is 30.6 Å². The normalized spacial score (nSPS) is 25.2. The minimum atomic E-state index is -4.18. The molecular formula is C13H12Cl3FO3S. The second-order valence-electron chi connectivity index (χ2n) is 4.75. The lowest BCUT2D eigenvalue weighted by atomic mass is 9.93. The Bertz CT molecular complexity index is 677. The van der Waals surface area contributed by atoms with Gasteiger partial charge in [-0.1, -0.05) is 29.3 Å². The fourth-order valence-corrected chi connectivity index (χ4v) is 3.75. The first kappa shape index (κ1) is 17.0. The molecule has 0 spiro atoms. The molecule has 2 aliphatic carbocycles. The van der Waals surface area contributed by atoms with E-state index in [9.17, 15) is 17.9 Å². The Balaban J connectivity index is 2.37. The first-order chi connectivity index (χ1) is 9.70. The molecule has 0 fully saturated rings. The van der Waals surface area contributed by atoms with Gasteiger partial charge < -0.3 is 5.11 Å². The summed E-state index contributed by atoms with van der Waals surface area (Å²) in [5.74, 6) is 0. The summed E-state index contributed by atoms with van der Waals surface area (Å²) < 4.78 is 36.3. The molecule has 116 valence electrons. The van der Waals surface area contributed by atoms with Crippen LogP contribution in [-0.4, -0.2) is 25.8 Å². The molecule has 21 heavy (non-hydrogen) atoms. The van der Waals surface area contributed by atoms with Gasteiger partial charge in [0.05, 0.1) is 4.91 Å². The largest absolute Gasteiger partial charge is 0.384 e. The fourth-order valence-electron chi connectivity index (χ4n) is 2.18. The van der Waals surface area contributed by atoms with Crippen LogP contribution in [0.5, 0.6) is 0 Å². The van der Waals surface area contributed by atoms with Crippen molar-refractivity contribution >= 4 is 42.9 Å². The van der Waals surface area contributed by atoms with Crippen LogP contribution in [0.2, 0.25) is 0 Å². The topological polar surface area (TPSA) is 54.4 Å². The number of aliphatic hydroxyl groups excluding tert-OH is 1. The van der Waals surface area contributed by atoms with Crippen LogP contribution in [0.4, 0.5) is 4.39 Å². The summed E-state index contributed by atoms with van der Waals surface area (Å²) >= 11 is 12.0. The number of allylic oxidation sites excluding steroid dienone is 4. The van der Waals surface area contributed by atoms with Gasteiger partial charge in [-0.15, -0.1) is 0 Å². The molecule has 0 amide bonds. The van der Waals surface area contributed by atoms with Crippen molar-refractivity contribution < 1.29 is 17.9 Å². The van der Waals surface area contributed by atoms with Gasteiger partial charge in [-0.2, -0.15) is 0 Å². The number of hydrogen-bond donors (Lipinski definition) is 1. The average Bonchev–Trinajstić information content (AvgIpc) is 2.40. The molecule has 8 heteroatoms. The highest BCUT2D eigenvalue weighted by molar-refractivity contribution is 8.16. The van der Waals surface area contributed by atoms with Gasteiger partial charge in [0.15, 0.2) is 0 Å². The molecule has 2 atom stereocenters. The molecule has 0 radical (unpaired) electrons. The lowest BCUT2D eigenvalue weighted by Crippen LogP contribution is -2.20. The molecule has 1 N–H and O–H groups in total. The first-order valence-electron chi connectivity index (χ1n) is 6.13. The van der Waals surface area contributed by atoms with Crippen LogP contribution in [0.15, 0.2) is 44.3 Å². The number of alkyl halides is 1. The van der Waals surface area contributed by atoms with Gasteiger partial charge in [0.25, 0.3) is 9.05 Å². The second kappa shape index (κ2) is 6.42. The van der Waals surface area contributed by atoms with E-state index in [1.54, 1.807) is 6.08 Å². The maximum absolute atomic E-state index is 13.6. The second-order valence-corrected chi connectivity index (χ2v) is 8.25. The van der Waals surface area contributed by atoms with Crippen molar-refractivity contribution in [1.29, 1.82) is 0 Å². The van der Waals surface area contributed by atoms with E-state index in [1.165, 1.54) is 6.08 Å². The van der Waals surface area contributed by atoms with E-state index in [0.29, 0.717) is 28.5 Å². The quantitative estimate of drug-likeness (QED) is 0.764. The summed E-state index contributed by atoms with van der Waals surface area (Å²) in [4.78, 5) is -0.552. The predicted molar refractivity (Wildman–Crippen MR) is 82.5 cm³/mol. The molecule has 0 bridgehead atoms. The Hall–Kier alpha value is -0.330. The van der Waals surface area contributed by atoms with Crippen LogP contribution in [0.3, 0.4) is 0 Å². The van der Waals surface area contributed by atoms with E-state index < -0.39 is 26.2 Å². The molecule has 2 unspecified atom stereocenters. The summed E-state index contributed by atoms with van der Waals surface area (Å²) in [5.41, 5.74) is 0.623. The molecule has 0 aromatic carbocycles. The van der Waals surface area contributed by atoms with Gasteiger partial charge in [-0.25, -0.2) is 12.8 Å². The third kappa shape index (κ3) is 3.90. The lowest BCUT2D eigenvalue weighted by molar-refractivity contribution is 0.250. The van der Waals surface area contributed by atoms with Gasteiger partial charge >= 0.3 is 0 Å². The van der Waals surface area contributed by atoms with Crippen LogP contribution < -0.4 is 0 Å². The number of rotatable bonds is 3. The molecule has 0 aliphatic heterocycles. The molecule has 3 nitrogen and oxygen atoms in total. The third-order valence-electron chi connectivity index (χ3n) is 3.28. The van der Waals surface area contributed by atoms with Crippen LogP contribution >= 0.6 is 33.9 Å². The monoisotopic (exact) mass is 372 g/mol. The summed E-state index contributed by atoms with van der Waals surface area (Å²) in [5, 5.41) is 11.3. The van der Waals surface area contributed by atoms with Crippen molar-refractivity contribution in [3.8, 4) is 0 Å². The van der Waals surface area contributed by atoms with Crippen molar-refractivity contribution in [3.63, 3.8) is 0 Å². The van der Waals surface area contributed by atoms with Crippen LogP contribution in [0.25, 0.3) is 0 Å². The fraction of sp³-hybridized carbons (Fsp3) is 0.385. The van der Waals surface area contributed by atoms with E-state index in [1.807, 2.05) is 0 Å². The van der Waals surface area contributed by atoms with Gasteiger partial charge in [0.2, 0.25) is 0 Å². The minimum Gasteiger partial charge on any atom is -0.384 e. The lowest BCUT2D eigenvalue weighted by Gasteiger charge is -2.23. The molecule has 2 aliphatic rings. The zero-order valence-corrected chi connectivity index (χ0v) is 13.8. The smallest absolute Gasteiger partial charge is 0.260 e. The Labute approximate surface area is 136 Å². The minimum absolute atomic E-state index is 0.174. The highest BCUT2D eigenvalue weighted by Gasteiger charge is 2.30. The maximum atomic E-state index is 13.6. The molecule has 0 saturated heterocycles. The van der Waals surface area contributed by atoms with Crippen molar-refractivity contribution in [2.24, 2.45) is 0 Å². The predicted octanol–water partition coefficient (Wildman–Crippen LogP) is 3.88. The standard InChI is InChI=1S/C13H12Cl3FO3S/c14-8-2-3-10(15)9(6-8)13(18)7-1-4-11(17)12(5-7)21(16,19)20/h1,5-6,11,13,18H,2-4H2. The SMILES string of the molecule is O=S(=O)(Cl)C1=CC(C(O)C2=C(Cl)CCC(Cl)=C2)=CCC1F. The van der Waals surface area contributed by atoms with Crippen LogP contribution in [0, 0.1) is 0 Å². The molecule has 0 aromatic heterocycles. The Morgan fingerprint density at radius 1 is 1.29 bits per heavy atom. The zero-order chi connectivity index (χ0) is 15.8. The van der Waals surface area contributed by atoms with Crippen LogP contribution in [-0.2, 0) is 9.05 Å².